The highest BCUT2D eigenvalue weighted by Gasteiger charge is 2.18. The molecule has 0 fully saturated rings. The van der Waals surface area contributed by atoms with Crippen LogP contribution >= 0.6 is 11.3 Å². The summed E-state index contributed by atoms with van der Waals surface area (Å²) in [6.45, 7) is 0. The Balaban J connectivity index is 1.22. The van der Waals surface area contributed by atoms with Crippen LogP contribution in [0.1, 0.15) is 0 Å². The molecule has 0 aliphatic rings. The van der Waals surface area contributed by atoms with Gasteiger partial charge < -0.3 is 0 Å². The van der Waals surface area contributed by atoms with Gasteiger partial charge in [0.1, 0.15) is 0 Å². The fourth-order valence-electron chi connectivity index (χ4n) is 7.48. The van der Waals surface area contributed by atoms with Crippen molar-refractivity contribution in [3.05, 3.63) is 200 Å². The molecule has 7 aromatic carbocycles. The van der Waals surface area contributed by atoms with Crippen molar-refractivity contribution in [2.45, 2.75) is 0 Å². The first-order valence-corrected chi connectivity index (χ1v) is 19.2. The van der Waals surface area contributed by atoms with Crippen molar-refractivity contribution in [3.63, 3.8) is 0 Å². The Morgan fingerprint density at radius 2 is 0.891 bits per heavy atom. The lowest BCUT2D eigenvalue weighted by Crippen LogP contribution is -1.98. The fourth-order valence-corrected chi connectivity index (χ4v) is 8.72. The lowest BCUT2D eigenvalue weighted by atomic mass is 9.92. The molecular weight excluding hydrogens is 687 g/mol. The largest absolute Gasteiger partial charge is 0.256 e. The molecule has 0 aliphatic carbocycles. The molecule has 4 heteroatoms. The van der Waals surface area contributed by atoms with Gasteiger partial charge >= 0.3 is 0 Å². The van der Waals surface area contributed by atoms with Crippen molar-refractivity contribution >= 4 is 31.5 Å². The summed E-state index contributed by atoms with van der Waals surface area (Å²) in [5, 5.41) is 2.56. The van der Waals surface area contributed by atoms with Crippen molar-refractivity contribution in [2.75, 3.05) is 0 Å². The summed E-state index contributed by atoms with van der Waals surface area (Å²) in [5.41, 5.74) is 13.6. The topological polar surface area (TPSA) is 38.7 Å². The highest BCUT2D eigenvalue weighted by Crippen LogP contribution is 2.43. The minimum atomic E-state index is 0.675. The van der Waals surface area contributed by atoms with Crippen LogP contribution in [0.5, 0.6) is 0 Å². The maximum atomic E-state index is 5.31. The van der Waals surface area contributed by atoms with Crippen LogP contribution in [0.2, 0.25) is 0 Å². The Morgan fingerprint density at radius 1 is 0.327 bits per heavy atom. The van der Waals surface area contributed by atoms with E-state index >= 15 is 0 Å². The molecule has 0 amide bonds. The minimum absolute atomic E-state index is 0.675. The number of thiophene rings is 1. The first-order chi connectivity index (χ1) is 27.2. The molecule has 0 bridgehead atoms. The lowest BCUT2D eigenvalue weighted by Gasteiger charge is -2.15. The molecular formula is C51H33N3S. The van der Waals surface area contributed by atoms with E-state index in [4.69, 9.17) is 15.0 Å². The monoisotopic (exact) mass is 719 g/mol. The van der Waals surface area contributed by atoms with Crippen LogP contribution in [0.3, 0.4) is 0 Å². The predicted molar refractivity (Wildman–Crippen MR) is 231 cm³/mol. The molecule has 0 saturated heterocycles. The van der Waals surface area contributed by atoms with Gasteiger partial charge in [-0.3, -0.25) is 4.98 Å². The second kappa shape index (κ2) is 14.1. The Hall–Kier alpha value is -7.01. The maximum Gasteiger partial charge on any atom is 0.160 e. The molecule has 0 spiro atoms. The highest BCUT2D eigenvalue weighted by molar-refractivity contribution is 7.26. The zero-order valence-electron chi connectivity index (χ0n) is 29.8. The number of hydrogen-bond donors (Lipinski definition) is 0. The van der Waals surface area contributed by atoms with Gasteiger partial charge in [-0.05, 0) is 81.9 Å². The summed E-state index contributed by atoms with van der Waals surface area (Å²) in [6.07, 6.45) is 1.84. The van der Waals surface area contributed by atoms with E-state index in [1.807, 2.05) is 53.9 Å². The highest BCUT2D eigenvalue weighted by atomic mass is 32.1. The Morgan fingerprint density at radius 3 is 1.69 bits per heavy atom. The molecule has 0 aliphatic heterocycles. The van der Waals surface area contributed by atoms with Gasteiger partial charge in [0, 0.05) is 48.6 Å². The summed E-state index contributed by atoms with van der Waals surface area (Å²) >= 11 is 1.85. The van der Waals surface area contributed by atoms with Gasteiger partial charge in [-0.25, -0.2) is 9.97 Å². The Kier molecular flexibility index (Phi) is 8.36. The van der Waals surface area contributed by atoms with E-state index in [9.17, 15) is 0 Å². The molecule has 10 rings (SSSR count). The van der Waals surface area contributed by atoms with Gasteiger partial charge in [0.2, 0.25) is 0 Å². The first-order valence-electron chi connectivity index (χ1n) is 18.4. The molecule has 3 heterocycles. The minimum Gasteiger partial charge on any atom is -0.256 e. The predicted octanol–water partition coefficient (Wildman–Crippen LogP) is 13.9. The van der Waals surface area contributed by atoms with E-state index in [-0.39, 0.29) is 0 Å². The van der Waals surface area contributed by atoms with Crippen LogP contribution in [-0.2, 0) is 0 Å². The van der Waals surface area contributed by atoms with Gasteiger partial charge in [-0.1, -0.05) is 146 Å². The smallest absolute Gasteiger partial charge is 0.160 e. The third kappa shape index (κ3) is 6.29. The van der Waals surface area contributed by atoms with Crippen molar-refractivity contribution in [1.82, 2.24) is 15.0 Å². The normalized spacial score (nSPS) is 11.3. The molecule has 0 atom stereocenters. The molecule has 0 N–H and O–H groups in total. The second-order valence-corrected chi connectivity index (χ2v) is 14.7. The third-order valence-corrected chi connectivity index (χ3v) is 11.4. The van der Waals surface area contributed by atoms with Crippen molar-refractivity contribution in [3.8, 4) is 78.5 Å². The zero-order valence-corrected chi connectivity index (χ0v) is 30.6. The van der Waals surface area contributed by atoms with E-state index in [1.54, 1.807) is 0 Å². The number of fused-ring (bicyclic) bond motifs is 3. The van der Waals surface area contributed by atoms with E-state index in [2.05, 4.69) is 158 Å². The first kappa shape index (κ1) is 32.6. The van der Waals surface area contributed by atoms with Crippen LogP contribution in [0, 0.1) is 0 Å². The van der Waals surface area contributed by atoms with Crippen LogP contribution in [0.15, 0.2) is 200 Å². The van der Waals surface area contributed by atoms with E-state index in [1.165, 1.54) is 36.9 Å². The summed E-state index contributed by atoms with van der Waals surface area (Å²) < 4.78 is 2.57. The molecule has 0 radical (unpaired) electrons. The van der Waals surface area contributed by atoms with Crippen LogP contribution in [-0.4, -0.2) is 15.0 Å². The van der Waals surface area contributed by atoms with Gasteiger partial charge in [-0.15, -0.1) is 11.3 Å². The van der Waals surface area contributed by atoms with Crippen LogP contribution in [0.4, 0.5) is 0 Å². The molecule has 3 nitrogen and oxygen atoms in total. The average Bonchev–Trinajstić information content (AvgIpc) is 3.66. The van der Waals surface area contributed by atoms with Crippen molar-refractivity contribution in [1.29, 1.82) is 0 Å². The summed E-state index contributed by atoms with van der Waals surface area (Å²) in [6, 6.07) is 68.5. The maximum absolute atomic E-state index is 5.31. The summed E-state index contributed by atoms with van der Waals surface area (Å²) in [4.78, 5) is 15.2. The number of rotatable bonds is 7. The van der Waals surface area contributed by atoms with Gasteiger partial charge in [0.25, 0.3) is 0 Å². The number of aromatic nitrogens is 3. The number of hydrogen-bond acceptors (Lipinski definition) is 4. The number of nitrogens with zero attached hydrogens (tertiary/aromatic N) is 3. The molecule has 258 valence electrons. The number of benzene rings is 7. The van der Waals surface area contributed by atoms with E-state index in [0.717, 1.165) is 56.0 Å². The standard InChI is InChI=1S/C51H33N3S/c1-3-15-34(16-4-1)36-19-13-20-37(29-36)38-30-39(41-24-14-25-45-44-23-9-10-27-49(44)55-50(41)45)32-40(31-38)47-33-48(54-51(53-47)35-17-5-2-6-18-35)43-22-8-7-21-42(43)46-26-11-12-28-52-46/h1-33H. The van der Waals surface area contributed by atoms with E-state index < -0.39 is 0 Å². The van der Waals surface area contributed by atoms with Gasteiger partial charge in [-0.2, -0.15) is 0 Å². The van der Waals surface area contributed by atoms with Gasteiger partial charge in [0.15, 0.2) is 5.82 Å². The number of pyridine rings is 1. The molecule has 55 heavy (non-hydrogen) atoms. The quantitative estimate of drug-likeness (QED) is 0.165. The lowest BCUT2D eigenvalue weighted by molar-refractivity contribution is 1.18. The summed E-state index contributed by atoms with van der Waals surface area (Å²) in [7, 11) is 0. The average molecular weight is 720 g/mol. The van der Waals surface area contributed by atoms with Crippen molar-refractivity contribution in [2.24, 2.45) is 0 Å². The van der Waals surface area contributed by atoms with Crippen LogP contribution < -0.4 is 0 Å². The third-order valence-electron chi connectivity index (χ3n) is 10.1. The van der Waals surface area contributed by atoms with Crippen molar-refractivity contribution < 1.29 is 0 Å². The molecule has 3 aromatic heterocycles. The zero-order chi connectivity index (χ0) is 36.6. The fraction of sp³-hybridized carbons (Fsp3) is 0. The second-order valence-electron chi connectivity index (χ2n) is 13.6. The Labute approximate surface area is 323 Å². The van der Waals surface area contributed by atoms with Gasteiger partial charge in [0.05, 0.1) is 17.1 Å². The van der Waals surface area contributed by atoms with Crippen LogP contribution in [0.25, 0.3) is 98.7 Å². The Bertz CT molecular complexity index is 2970. The van der Waals surface area contributed by atoms with E-state index in [0.29, 0.717) is 5.82 Å². The molecule has 0 saturated carbocycles. The SMILES string of the molecule is c1ccc(-c2cccc(-c3cc(-c4cc(-c5ccccc5-c5ccccn5)nc(-c5ccccc5)n4)cc(-c4cccc5c4sc4ccccc45)c3)c2)cc1. The molecule has 0 unspecified atom stereocenters. The molecule has 10 aromatic rings. The summed E-state index contributed by atoms with van der Waals surface area (Å²) in [5.74, 6) is 0.675.